The van der Waals surface area contributed by atoms with Crippen LogP contribution in [0.2, 0.25) is 0 Å². The van der Waals surface area contributed by atoms with Crippen molar-refractivity contribution in [3.63, 3.8) is 0 Å². The van der Waals surface area contributed by atoms with Gasteiger partial charge >= 0.3 is 0 Å². The van der Waals surface area contributed by atoms with Gasteiger partial charge in [-0.3, -0.25) is 4.79 Å². The van der Waals surface area contributed by atoms with E-state index in [2.05, 4.69) is 31.2 Å². The maximum atomic E-state index is 13.2. The first kappa shape index (κ1) is 15.3. The van der Waals surface area contributed by atoms with Crippen molar-refractivity contribution in [3.8, 4) is 11.4 Å². The summed E-state index contributed by atoms with van der Waals surface area (Å²) in [6.45, 7) is 0. The third-order valence-corrected chi connectivity index (χ3v) is 3.63. The van der Waals surface area contributed by atoms with Gasteiger partial charge in [0, 0.05) is 28.1 Å². The lowest BCUT2D eigenvalue weighted by molar-refractivity contribution is 0.102. The Balaban J connectivity index is 1.76. The number of halogens is 2. The van der Waals surface area contributed by atoms with Crippen molar-refractivity contribution in [3.05, 3.63) is 76.8 Å². The van der Waals surface area contributed by atoms with Gasteiger partial charge in [0.15, 0.2) is 5.82 Å². The van der Waals surface area contributed by atoms with Crippen molar-refractivity contribution in [2.45, 2.75) is 0 Å². The summed E-state index contributed by atoms with van der Waals surface area (Å²) in [4.78, 5) is 20.4. The molecule has 0 atom stereocenters. The largest absolute Gasteiger partial charge is 0.322 e. The van der Waals surface area contributed by atoms with Crippen LogP contribution in [0, 0.1) is 5.82 Å². The highest BCUT2D eigenvalue weighted by Gasteiger charge is 2.09. The van der Waals surface area contributed by atoms with Crippen LogP contribution in [0.5, 0.6) is 0 Å². The molecule has 1 N–H and O–H groups in total. The second kappa shape index (κ2) is 6.66. The maximum absolute atomic E-state index is 13.2. The summed E-state index contributed by atoms with van der Waals surface area (Å²) < 4.78 is 14.1. The molecule has 3 aromatic rings. The molecule has 1 aromatic heterocycles. The summed E-state index contributed by atoms with van der Waals surface area (Å²) in [6, 6.07) is 13.2. The predicted octanol–water partition coefficient (Wildman–Crippen LogP) is 4.30. The molecule has 1 amide bonds. The first-order valence-electron chi connectivity index (χ1n) is 6.77. The van der Waals surface area contributed by atoms with Crippen molar-refractivity contribution < 1.29 is 9.18 Å². The van der Waals surface area contributed by atoms with Crippen LogP contribution < -0.4 is 5.32 Å². The summed E-state index contributed by atoms with van der Waals surface area (Å²) in [6.07, 6.45) is 2.84. The number of hydrogen-bond donors (Lipinski definition) is 1. The van der Waals surface area contributed by atoms with Gasteiger partial charge in [0.05, 0.1) is 5.56 Å². The van der Waals surface area contributed by atoms with Gasteiger partial charge in [0.2, 0.25) is 0 Å². The standard InChI is InChI=1S/C17H11BrFN3O/c18-13-4-6-15(7-5-13)22-17(23)12-9-20-16(21-10-12)11-2-1-3-14(19)8-11/h1-10H,(H,22,23). The molecule has 0 unspecified atom stereocenters. The molecule has 3 rings (SSSR count). The molecule has 2 aromatic carbocycles. The van der Waals surface area contributed by atoms with Crippen molar-refractivity contribution >= 4 is 27.5 Å². The number of carbonyl (C=O) groups excluding carboxylic acids is 1. The molecule has 0 saturated heterocycles. The number of nitrogens with one attached hydrogen (secondary N) is 1. The SMILES string of the molecule is O=C(Nc1ccc(Br)cc1)c1cnc(-c2cccc(F)c2)nc1. The van der Waals surface area contributed by atoms with E-state index >= 15 is 0 Å². The van der Waals surface area contributed by atoms with Gasteiger partial charge in [-0.15, -0.1) is 0 Å². The first-order valence-corrected chi connectivity index (χ1v) is 7.56. The molecule has 0 fully saturated rings. The van der Waals surface area contributed by atoms with Crippen LogP contribution in [0.15, 0.2) is 65.4 Å². The molecule has 1 heterocycles. The normalized spacial score (nSPS) is 10.3. The quantitative estimate of drug-likeness (QED) is 0.746. The topological polar surface area (TPSA) is 54.9 Å². The molecule has 23 heavy (non-hydrogen) atoms. The van der Waals surface area contributed by atoms with Gasteiger partial charge in [-0.1, -0.05) is 28.1 Å². The van der Waals surface area contributed by atoms with Crippen LogP contribution in [0.25, 0.3) is 11.4 Å². The Morgan fingerprint density at radius 2 is 1.74 bits per heavy atom. The van der Waals surface area contributed by atoms with Crippen LogP contribution >= 0.6 is 15.9 Å². The lowest BCUT2D eigenvalue weighted by atomic mass is 10.2. The van der Waals surface area contributed by atoms with Crippen LogP contribution in [0.1, 0.15) is 10.4 Å². The fourth-order valence-electron chi connectivity index (χ4n) is 1.96. The number of hydrogen-bond acceptors (Lipinski definition) is 3. The molecule has 0 radical (unpaired) electrons. The van der Waals surface area contributed by atoms with E-state index in [-0.39, 0.29) is 11.7 Å². The fourth-order valence-corrected chi connectivity index (χ4v) is 2.22. The molecule has 6 heteroatoms. The number of benzene rings is 2. The molecule has 0 aliphatic heterocycles. The molecule has 0 bridgehead atoms. The lowest BCUT2D eigenvalue weighted by Crippen LogP contribution is -2.12. The minimum Gasteiger partial charge on any atom is -0.322 e. The van der Waals surface area contributed by atoms with Crippen molar-refractivity contribution in [1.29, 1.82) is 0 Å². The molecule has 114 valence electrons. The highest BCUT2D eigenvalue weighted by Crippen LogP contribution is 2.17. The summed E-state index contributed by atoms with van der Waals surface area (Å²) in [5.74, 6) is -0.300. The smallest absolute Gasteiger partial charge is 0.258 e. The van der Waals surface area contributed by atoms with Gasteiger partial charge in [-0.25, -0.2) is 14.4 Å². The zero-order chi connectivity index (χ0) is 16.2. The van der Waals surface area contributed by atoms with Crippen LogP contribution in [-0.4, -0.2) is 15.9 Å². The number of carbonyl (C=O) groups is 1. The number of anilines is 1. The lowest BCUT2D eigenvalue weighted by Gasteiger charge is -2.06. The third-order valence-electron chi connectivity index (χ3n) is 3.10. The van der Waals surface area contributed by atoms with Gasteiger partial charge in [-0.2, -0.15) is 0 Å². The summed E-state index contributed by atoms with van der Waals surface area (Å²) in [5, 5.41) is 2.75. The van der Waals surface area contributed by atoms with Crippen LogP contribution in [-0.2, 0) is 0 Å². The zero-order valence-electron chi connectivity index (χ0n) is 11.8. The van der Waals surface area contributed by atoms with E-state index < -0.39 is 0 Å². The van der Waals surface area contributed by atoms with E-state index in [1.807, 2.05) is 12.1 Å². The van der Waals surface area contributed by atoms with Crippen molar-refractivity contribution in [2.24, 2.45) is 0 Å². The number of amides is 1. The number of rotatable bonds is 3. The van der Waals surface area contributed by atoms with E-state index in [9.17, 15) is 9.18 Å². The highest BCUT2D eigenvalue weighted by atomic mass is 79.9. The Morgan fingerprint density at radius 3 is 2.39 bits per heavy atom. The third kappa shape index (κ3) is 3.78. The Hall–Kier alpha value is -2.60. The van der Waals surface area contributed by atoms with E-state index in [1.54, 1.807) is 24.3 Å². The average Bonchev–Trinajstić information content (AvgIpc) is 2.57. The number of aromatic nitrogens is 2. The predicted molar refractivity (Wildman–Crippen MR) is 89.5 cm³/mol. The van der Waals surface area contributed by atoms with E-state index in [4.69, 9.17) is 0 Å². The second-order valence-electron chi connectivity index (χ2n) is 4.77. The fraction of sp³-hybridized carbons (Fsp3) is 0. The van der Waals surface area contributed by atoms with Gasteiger partial charge < -0.3 is 5.32 Å². The van der Waals surface area contributed by atoms with E-state index in [0.717, 1.165) is 4.47 Å². The van der Waals surface area contributed by atoms with E-state index in [0.29, 0.717) is 22.6 Å². The Morgan fingerprint density at radius 1 is 1.04 bits per heavy atom. The van der Waals surface area contributed by atoms with E-state index in [1.165, 1.54) is 24.5 Å². The Bertz CT molecular complexity index is 835. The molecule has 0 aliphatic carbocycles. The minimum absolute atomic E-state index is 0.307. The van der Waals surface area contributed by atoms with Crippen molar-refractivity contribution in [2.75, 3.05) is 5.32 Å². The Labute approximate surface area is 140 Å². The maximum Gasteiger partial charge on any atom is 0.258 e. The first-order chi connectivity index (χ1) is 11.1. The molecule has 0 spiro atoms. The molecule has 4 nitrogen and oxygen atoms in total. The van der Waals surface area contributed by atoms with Gasteiger partial charge in [0.1, 0.15) is 5.82 Å². The van der Waals surface area contributed by atoms with Crippen molar-refractivity contribution in [1.82, 2.24) is 9.97 Å². The number of nitrogens with zero attached hydrogens (tertiary/aromatic N) is 2. The van der Waals surface area contributed by atoms with Crippen LogP contribution in [0.4, 0.5) is 10.1 Å². The molecular weight excluding hydrogens is 361 g/mol. The summed E-state index contributed by atoms with van der Waals surface area (Å²) in [7, 11) is 0. The molecule has 0 saturated carbocycles. The van der Waals surface area contributed by atoms with Crippen LogP contribution in [0.3, 0.4) is 0 Å². The zero-order valence-corrected chi connectivity index (χ0v) is 13.4. The van der Waals surface area contributed by atoms with Gasteiger partial charge in [-0.05, 0) is 36.4 Å². The monoisotopic (exact) mass is 371 g/mol. The summed E-state index contributed by atoms with van der Waals surface area (Å²) in [5.41, 5.74) is 1.56. The second-order valence-corrected chi connectivity index (χ2v) is 5.68. The average molecular weight is 372 g/mol. The molecule has 0 aliphatic rings. The Kier molecular flexibility index (Phi) is 4.43. The summed E-state index contributed by atoms with van der Waals surface area (Å²) >= 11 is 3.33. The molecular formula is C17H11BrFN3O. The van der Waals surface area contributed by atoms with Gasteiger partial charge in [0.25, 0.3) is 5.91 Å². The highest BCUT2D eigenvalue weighted by molar-refractivity contribution is 9.10. The minimum atomic E-state index is -0.358.